The molecule has 0 aliphatic heterocycles. The number of hydrogen-bond acceptors (Lipinski definition) is 6. The molecule has 7 heteroatoms. The monoisotopic (exact) mass is 376 g/mol. The zero-order valence-corrected chi connectivity index (χ0v) is 16.8. The number of hydrogen-bond donors (Lipinski definition) is 2. The number of unbranched alkanes of at least 4 members (excludes halogenated alkanes) is 1. The third-order valence-electron chi connectivity index (χ3n) is 3.54. The number of rotatable bonds is 10. The van der Waals surface area contributed by atoms with Gasteiger partial charge in [-0.2, -0.15) is 4.98 Å². The van der Waals surface area contributed by atoms with E-state index in [4.69, 9.17) is 15.0 Å². The normalized spacial score (nSPS) is 13.6. The van der Waals surface area contributed by atoms with E-state index in [9.17, 15) is 4.79 Å². The number of nitrogens with one attached hydrogen (secondary N) is 1. The van der Waals surface area contributed by atoms with Gasteiger partial charge in [0.2, 0.25) is 5.89 Å². The minimum Gasteiger partial charge on any atom is -0.444 e. The van der Waals surface area contributed by atoms with Crippen molar-refractivity contribution in [3.8, 4) is 0 Å². The van der Waals surface area contributed by atoms with E-state index in [-0.39, 0.29) is 6.04 Å². The van der Waals surface area contributed by atoms with E-state index >= 15 is 0 Å². The quantitative estimate of drug-likeness (QED) is 0.472. The van der Waals surface area contributed by atoms with Gasteiger partial charge in [-0.05, 0) is 52.5 Å². The van der Waals surface area contributed by atoms with Gasteiger partial charge in [-0.1, -0.05) is 36.0 Å². The Morgan fingerprint density at radius 2 is 2.15 bits per heavy atom. The Morgan fingerprint density at radius 3 is 2.78 bits per heavy atom. The molecular weight excluding hydrogens is 344 g/mol. The van der Waals surface area contributed by atoms with Gasteiger partial charge in [0.15, 0.2) is 5.82 Å². The van der Waals surface area contributed by atoms with Crippen LogP contribution in [0.2, 0.25) is 0 Å². The first-order valence-corrected chi connectivity index (χ1v) is 9.24. The molecule has 1 rings (SSSR count). The van der Waals surface area contributed by atoms with Gasteiger partial charge in [-0.15, -0.1) is 0 Å². The molecule has 0 radical (unpaired) electrons. The number of amides is 1. The summed E-state index contributed by atoms with van der Waals surface area (Å²) in [4.78, 5) is 15.9. The predicted molar refractivity (Wildman–Crippen MR) is 106 cm³/mol. The molecule has 150 valence electrons. The number of carbonyl (C=O) groups is 1. The summed E-state index contributed by atoms with van der Waals surface area (Å²) in [5, 5.41) is 6.71. The van der Waals surface area contributed by atoms with E-state index in [0.717, 1.165) is 18.4 Å². The van der Waals surface area contributed by atoms with Gasteiger partial charge in [0, 0.05) is 13.0 Å². The summed E-state index contributed by atoms with van der Waals surface area (Å²) < 4.78 is 10.5. The molecule has 1 aromatic heterocycles. The second-order valence-corrected chi connectivity index (χ2v) is 7.23. The molecule has 0 aliphatic rings. The van der Waals surface area contributed by atoms with Crippen LogP contribution in [0.15, 0.2) is 41.0 Å². The largest absolute Gasteiger partial charge is 0.444 e. The van der Waals surface area contributed by atoms with E-state index in [1.54, 1.807) is 6.08 Å². The maximum atomic E-state index is 11.6. The summed E-state index contributed by atoms with van der Waals surface area (Å²) in [6, 6.07) is -0.320. The van der Waals surface area contributed by atoms with Crippen LogP contribution < -0.4 is 11.1 Å². The highest BCUT2D eigenvalue weighted by atomic mass is 16.6. The van der Waals surface area contributed by atoms with Crippen molar-refractivity contribution in [3.05, 3.63) is 48.2 Å². The van der Waals surface area contributed by atoms with Crippen LogP contribution in [0.5, 0.6) is 0 Å². The predicted octanol–water partition coefficient (Wildman–Crippen LogP) is 4.00. The highest BCUT2D eigenvalue weighted by molar-refractivity contribution is 5.67. The summed E-state index contributed by atoms with van der Waals surface area (Å²) >= 11 is 0. The average Bonchev–Trinajstić information content (AvgIpc) is 3.05. The maximum Gasteiger partial charge on any atom is 0.407 e. The number of alkyl carbamates (subject to hydrolysis) is 1. The van der Waals surface area contributed by atoms with Crippen LogP contribution in [-0.4, -0.2) is 28.4 Å². The molecule has 1 unspecified atom stereocenters. The molecule has 27 heavy (non-hydrogen) atoms. The lowest BCUT2D eigenvalue weighted by Crippen LogP contribution is -2.33. The standard InChI is InChI=1S/C20H32N4O3/c1-6-8-11-15(7-2)14-17-23-18(27-24-17)16(21)12-9-10-13-22-19(25)26-20(3,4)5/h6-8,11,16H,2,9-10,12-14,21H2,1,3-5H3,(H,22,25)/b8-6-,15-11+. The van der Waals surface area contributed by atoms with Crippen molar-refractivity contribution in [1.29, 1.82) is 0 Å². The zero-order valence-electron chi connectivity index (χ0n) is 16.8. The maximum absolute atomic E-state index is 11.6. The fraction of sp³-hybridized carbons (Fsp3) is 0.550. The first kappa shape index (κ1) is 22.6. The average molecular weight is 377 g/mol. The Morgan fingerprint density at radius 1 is 1.41 bits per heavy atom. The minimum absolute atomic E-state index is 0.320. The number of nitrogens with two attached hydrogens (primary N) is 1. The lowest BCUT2D eigenvalue weighted by atomic mass is 10.1. The molecule has 0 aromatic carbocycles. The van der Waals surface area contributed by atoms with Gasteiger partial charge in [-0.3, -0.25) is 0 Å². The number of allylic oxidation sites excluding steroid dienone is 5. The van der Waals surface area contributed by atoms with Crippen LogP contribution in [0.4, 0.5) is 4.79 Å². The number of ether oxygens (including phenoxy) is 1. The molecule has 0 bridgehead atoms. The Hall–Kier alpha value is -2.41. The molecule has 1 atom stereocenters. The van der Waals surface area contributed by atoms with Crippen LogP contribution in [-0.2, 0) is 11.2 Å². The van der Waals surface area contributed by atoms with Gasteiger partial charge in [0.05, 0.1) is 6.04 Å². The topological polar surface area (TPSA) is 103 Å². The van der Waals surface area contributed by atoms with Crippen molar-refractivity contribution in [2.75, 3.05) is 6.54 Å². The highest BCUT2D eigenvalue weighted by Crippen LogP contribution is 2.16. The first-order valence-electron chi connectivity index (χ1n) is 9.24. The van der Waals surface area contributed by atoms with E-state index < -0.39 is 11.7 Å². The van der Waals surface area contributed by atoms with E-state index in [1.165, 1.54) is 0 Å². The Bertz CT molecular complexity index is 656. The van der Waals surface area contributed by atoms with E-state index in [1.807, 2.05) is 45.9 Å². The van der Waals surface area contributed by atoms with Crippen molar-refractivity contribution in [3.63, 3.8) is 0 Å². The third kappa shape index (κ3) is 9.75. The van der Waals surface area contributed by atoms with Gasteiger partial charge >= 0.3 is 6.09 Å². The SMILES string of the molecule is C=C/C(=C\C=C/C)Cc1noc(C(N)CCCCNC(=O)OC(C)(C)C)n1. The van der Waals surface area contributed by atoms with Crippen molar-refractivity contribution in [2.24, 2.45) is 5.73 Å². The highest BCUT2D eigenvalue weighted by Gasteiger charge is 2.16. The van der Waals surface area contributed by atoms with E-state index in [2.05, 4.69) is 22.0 Å². The lowest BCUT2D eigenvalue weighted by molar-refractivity contribution is 0.0527. The smallest absolute Gasteiger partial charge is 0.407 e. The summed E-state index contributed by atoms with van der Waals surface area (Å²) in [5.74, 6) is 1.02. The molecule has 1 aromatic rings. The van der Waals surface area contributed by atoms with Crippen LogP contribution in [0.1, 0.15) is 64.7 Å². The first-order chi connectivity index (χ1) is 12.7. The summed E-state index contributed by atoms with van der Waals surface area (Å²) in [7, 11) is 0. The summed E-state index contributed by atoms with van der Waals surface area (Å²) in [5.41, 5.74) is 6.63. The van der Waals surface area contributed by atoms with Gasteiger partial charge < -0.3 is 20.3 Å². The molecule has 7 nitrogen and oxygen atoms in total. The van der Waals surface area contributed by atoms with Gasteiger partial charge in [-0.25, -0.2) is 4.79 Å². The number of nitrogens with zero attached hydrogens (tertiary/aromatic N) is 2. The van der Waals surface area contributed by atoms with Gasteiger partial charge in [0.1, 0.15) is 5.60 Å². The minimum atomic E-state index is -0.490. The van der Waals surface area contributed by atoms with Gasteiger partial charge in [0.25, 0.3) is 0 Å². The molecule has 3 N–H and O–H groups in total. The molecular formula is C20H32N4O3. The molecule has 0 saturated carbocycles. The molecule has 0 fully saturated rings. The lowest BCUT2D eigenvalue weighted by Gasteiger charge is -2.19. The zero-order chi connectivity index (χ0) is 20.3. The van der Waals surface area contributed by atoms with Crippen molar-refractivity contribution in [2.45, 2.75) is 65.0 Å². The molecule has 1 heterocycles. The van der Waals surface area contributed by atoms with Crippen LogP contribution in [0, 0.1) is 0 Å². The third-order valence-corrected chi connectivity index (χ3v) is 3.54. The van der Waals surface area contributed by atoms with Crippen molar-refractivity contribution < 1.29 is 14.1 Å². The summed E-state index contributed by atoms with van der Waals surface area (Å²) in [6.07, 6.45) is 10.1. The Labute approximate surface area is 161 Å². The second-order valence-electron chi connectivity index (χ2n) is 7.23. The van der Waals surface area contributed by atoms with Crippen molar-refractivity contribution in [1.82, 2.24) is 15.5 Å². The van der Waals surface area contributed by atoms with E-state index in [0.29, 0.717) is 31.1 Å². The Kier molecular flexibility index (Phi) is 9.50. The Balaban J connectivity index is 2.35. The number of aromatic nitrogens is 2. The van der Waals surface area contributed by atoms with Crippen LogP contribution in [0.3, 0.4) is 0 Å². The van der Waals surface area contributed by atoms with Crippen LogP contribution >= 0.6 is 0 Å². The molecule has 0 saturated heterocycles. The van der Waals surface area contributed by atoms with Crippen molar-refractivity contribution >= 4 is 6.09 Å². The molecule has 0 spiro atoms. The fourth-order valence-corrected chi connectivity index (χ4v) is 2.21. The van der Waals surface area contributed by atoms with Crippen LogP contribution in [0.25, 0.3) is 0 Å². The fourth-order valence-electron chi connectivity index (χ4n) is 2.21. The molecule has 0 aliphatic carbocycles. The summed E-state index contributed by atoms with van der Waals surface area (Å²) in [6.45, 7) is 11.8. The molecule has 1 amide bonds. The second kappa shape index (κ2) is 11.3. The number of carbonyl (C=O) groups excluding carboxylic acids is 1.